The van der Waals surface area contributed by atoms with E-state index in [0.29, 0.717) is 17.3 Å². The first-order chi connectivity index (χ1) is 7.22. The summed E-state index contributed by atoms with van der Waals surface area (Å²) in [6.45, 7) is 6.00. The van der Waals surface area contributed by atoms with Crippen molar-refractivity contribution in [1.82, 2.24) is 10.2 Å². The highest BCUT2D eigenvalue weighted by atomic mass is 32.2. The lowest BCUT2D eigenvalue weighted by Gasteiger charge is -2.06. The van der Waals surface area contributed by atoms with Gasteiger partial charge in [-0.1, -0.05) is 6.58 Å². The molecule has 0 radical (unpaired) electrons. The molecule has 0 aliphatic rings. The zero-order valence-corrected chi connectivity index (χ0v) is 9.39. The summed E-state index contributed by atoms with van der Waals surface area (Å²) in [4.78, 5) is 11.4. The second-order valence-corrected chi connectivity index (χ2v) is 3.27. The molecule has 0 aliphatic carbocycles. The van der Waals surface area contributed by atoms with Gasteiger partial charge in [-0.15, -0.1) is 16.9 Å². The van der Waals surface area contributed by atoms with E-state index in [-0.39, 0.29) is 5.89 Å². The van der Waals surface area contributed by atoms with Crippen LogP contribution in [-0.2, 0) is 4.74 Å². The topological polar surface area (TPSA) is 68.1 Å². The van der Waals surface area contributed by atoms with E-state index >= 15 is 0 Å². The minimum atomic E-state index is -0.587. The minimum Gasteiger partial charge on any atom is -0.493 e. The van der Waals surface area contributed by atoms with Crippen molar-refractivity contribution in [3.8, 4) is 0 Å². The predicted octanol–water partition coefficient (Wildman–Crippen LogP) is 1.62. The van der Waals surface area contributed by atoms with E-state index < -0.39 is 5.76 Å². The van der Waals surface area contributed by atoms with Crippen molar-refractivity contribution in [3.63, 3.8) is 0 Å². The monoisotopic (exact) mass is 228 g/mol. The van der Waals surface area contributed by atoms with E-state index in [1.54, 1.807) is 6.08 Å². The van der Waals surface area contributed by atoms with Crippen LogP contribution < -0.4 is 5.76 Å². The average Bonchev–Trinajstić information content (AvgIpc) is 2.64. The third kappa shape index (κ3) is 2.76. The minimum absolute atomic E-state index is 0.218. The van der Waals surface area contributed by atoms with Crippen LogP contribution in [0.4, 0.5) is 0 Å². The van der Waals surface area contributed by atoms with Crippen molar-refractivity contribution in [1.29, 1.82) is 0 Å². The van der Waals surface area contributed by atoms with Crippen molar-refractivity contribution in [2.75, 3.05) is 12.9 Å². The first-order valence-electron chi connectivity index (χ1n) is 4.32. The van der Waals surface area contributed by atoms with E-state index in [1.807, 2.05) is 13.2 Å². The lowest BCUT2D eigenvalue weighted by molar-refractivity contribution is 0.245. The summed E-state index contributed by atoms with van der Waals surface area (Å²) in [7, 11) is 0. The third-order valence-corrected chi connectivity index (χ3v) is 2.33. The van der Waals surface area contributed by atoms with Crippen LogP contribution in [0, 0.1) is 0 Å². The van der Waals surface area contributed by atoms with Gasteiger partial charge in [0.1, 0.15) is 10.7 Å². The lowest BCUT2D eigenvalue weighted by Crippen LogP contribution is -1.94. The maximum absolute atomic E-state index is 10.8. The molecule has 0 spiro atoms. The molecule has 1 aromatic rings. The van der Waals surface area contributed by atoms with Gasteiger partial charge in [-0.2, -0.15) is 0 Å². The van der Waals surface area contributed by atoms with Crippen molar-refractivity contribution in [3.05, 3.63) is 34.9 Å². The Balaban J connectivity index is 3.15. The van der Waals surface area contributed by atoms with Gasteiger partial charge in [0.05, 0.1) is 6.61 Å². The number of rotatable bonds is 5. The van der Waals surface area contributed by atoms with E-state index in [9.17, 15) is 4.79 Å². The Kier molecular flexibility index (Phi) is 4.23. The van der Waals surface area contributed by atoms with E-state index in [0.717, 1.165) is 0 Å². The van der Waals surface area contributed by atoms with Gasteiger partial charge in [-0.25, -0.2) is 9.89 Å². The molecule has 0 fully saturated rings. The fourth-order valence-electron chi connectivity index (χ4n) is 0.993. The summed E-state index contributed by atoms with van der Waals surface area (Å²) in [6, 6.07) is 0. The molecule has 0 saturated carbocycles. The van der Waals surface area contributed by atoms with Crippen LogP contribution in [0.1, 0.15) is 12.8 Å². The first-order valence-corrected chi connectivity index (χ1v) is 5.54. The molecule has 5 nitrogen and oxygen atoms in total. The number of allylic oxidation sites excluding steroid dienone is 1. The number of nitrogens with zero attached hydrogens (tertiary/aromatic N) is 1. The molecular formula is C9H12N2O3S. The summed E-state index contributed by atoms with van der Waals surface area (Å²) in [6.07, 6.45) is 3.40. The van der Waals surface area contributed by atoms with Crippen LogP contribution in [0.25, 0.3) is 4.91 Å². The Bertz CT molecular complexity index is 419. The van der Waals surface area contributed by atoms with Crippen LogP contribution in [0.2, 0.25) is 0 Å². The molecule has 82 valence electrons. The number of H-pyrrole nitrogens is 1. The number of ether oxygens (including phenoxy) is 1. The number of hydrogen-bond donors (Lipinski definition) is 1. The predicted molar refractivity (Wildman–Crippen MR) is 59.4 cm³/mol. The summed E-state index contributed by atoms with van der Waals surface area (Å²) < 4.78 is 10.2. The molecule has 0 amide bonds. The largest absolute Gasteiger partial charge is 0.493 e. The summed E-state index contributed by atoms with van der Waals surface area (Å²) in [5.41, 5.74) is 0. The normalized spacial score (nSPS) is 12.1. The number of thioether (sulfide) groups is 1. The van der Waals surface area contributed by atoms with Crippen LogP contribution in [0.3, 0.4) is 0 Å². The molecular weight excluding hydrogens is 216 g/mol. The number of aromatic amines is 1. The second-order valence-electron chi connectivity index (χ2n) is 2.45. The molecule has 15 heavy (non-hydrogen) atoms. The van der Waals surface area contributed by atoms with Gasteiger partial charge < -0.3 is 9.15 Å². The standard InChI is InChI=1S/C9H12N2O3S/c1-4-6(13-5-2)7(15-3)8-10-11-9(12)14-8/h4H,1,5H2,2-3H3,(H,11,12)/b7-6+. The van der Waals surface area contributed by atoms with Crippen molar-refractivity contribution >= 4 is 16.7 Å². The average molecular weight is 228 g/mol. The highest BCUT2D eigenvalue weighted by molar-refractivity contribution is 8.07. The van der Waals surface area contributed by atoms with Gasteiger partial charge in [0.2, 0.25) is 0 Å². The first kappa shape index (κ1) is 11.6. The van der Waals surface area contributed by atoms with E-state index in [1.165, 1.54) is 11.8 Å². The Labute approximate surface area is 91.2 Å². The van der Waals surface area contributed by atoms with Gasteiger partial charge in [-0.3, -0.25) is 0 Å². The summed E-state index contributed by atoms with van der Waals surface area (Å²) >= 11 is 1.38. The number of hydrogen-bond acceptors (Lipinski definition) is 5. The zero-order valence-electron chi connectivity index (χ0n) is 8.57. The Morgan fingerprint density at radius 3 is 2.93 bits per heavy atom. The van der Waals surface area contributed by atoms with E-state index in [2.05, 4.69) is 16.8 Å². The molecule has 1 N–H and O–H groups in total. The Morgan fingerprint density at radius 2 is 2.53 bits per heavy atom. The molecule has 0 aromatic carbocycles. The molecule has 0 unspecified atom stereocenters. The molecule has 0 atom stereocenters. The second kappa shape index (κ2) is 5.45. The molecule has 0 bridgehead atoms. The van der Waals surface area contributed by atoms with Crippen molar-refractivity contribution < 1.29 is 9.15 Å². The van der Waals surface area contributed by atoms with Crippen LogP contribution in [0.5, 0.6) is 0 Å². The lowest BCUT2D eigenvalue weighted by atomic mass is 10.4. The Morgan fingerprint density at radius 1 is 1.80 bits per heavy atom. The fraction of sp³-hybridized carbons (Fsp3) is 0.333. The molecule has 1 rings (SSSR count). The highest BCUT2D eigenvalue weighted by Crippen LogP contribution is 2.27. The van der Waals surface area contributed by atoms with Crippen LogP contribution in [0.15, 0.2) is 27.6 Å². The number of nitrogens with one attached hydrogen (secondary N) is 1. The maximum Gasteiger partial charge on any atom is 0.434 e. The maximum atomic E-state index is 10.8. The van der Waals surface area contributed by atoms with Gasteiger partial charge in [0, 0.05) is 0 Å². The zero-order chi connectivity index (χ0) is 11.3. The van der Waals surface area contributed by atoms with Crippen LogP contribution >= 0.6 is 11.8 Å². The SMILES string of the molecule is C=C/C(OCC)=C(\SC)c1n[nH]c(=O)o1. The molecule has 1 heterocycles. The van der Waals surface area contributed by atoms with Crippen LogP contribution in [-0.4, -0.2) is 23.1 Å². The van der Waals surface area contributed by atoms with E-state index in [4.69, 9.17) is 9.15 Å². The third-order valence-electron chi connectivity index (χ3n) is 1.55. The summed E-state index contributed by atoms with van der Waals surface area (Å²) in [5, 5.41) is 5.92. The molecule has 6 heteroatoms. The molecule has 0 aliphatic heterocycles. The smallest absolute Gasteiger partial charge is 0.434 e. The molecule has 0 saturated heterocycles. The van der Waals surface area contributed by atoms with Gasteiger partial charge in [-0.05, 0) is 19.3 Å². The van der Waals surface area contributed by atoms with Crippen molar-refractivity contribution in [2.45, 2.75) is 6.92 Å². The summed E-state index contributed by atoms with van der Waals surface area (Å²) in [5.74, 6) is 0.188. The highest BCUT2D eigenvalue weighted by Gasteiger charge is 2.13. The van der Waals surface area contributed by atoms with Gasteiger partial charge in [0.25, 0.3) is 5.89 Å². The quantitative estimate of drug-likeness (QED) is 0.612. The van der Waals surface area contributed by atoms with Crippen molar-refractivity contribution in [2.24, 2.45) is 0 Å². The molecule has 1 aromatic heterocycles. The van der Waals surface area contributed by atoms with Gasteiger partial charge >= 0.3 is 5.76 Å². The fourth-order valence-corrected chi connectivity index (χ4v) is 1.60. The number of aromatic nitrogens is 2. The van der Waals surface area contributed by atoms with Gasteiger partial charge in [0.15, 0.2) is 0 Å². The Hall–Kier alpha value is -1.43.